The number of rotatable bonds is 8. The molecule has 25 heavy (non-hydrogen) atoms. The van der Waals surface area contributed by atoms with Crippen LogP contribution in [0, 0.1) is 5.82 Å². The molecule has 2 aromatic rings. The van der Waals surface area contributed by atoms with Gasteiger partial charge in [-0.25, -0.2) is 4.39 Å². The topological polar surface area (TPSA) is 47.6 Å². The molecule has 1 N–H and O–H groups in total. The van der Waals surface area contributed by atoms with Gasteiger partial charge in [-0.05, 0) is 30.3 Å². The Hall–Kier alpha value is -1.92. The molecule has 0 aliphatic heterocycles. The van der Waals surface area contributed by atoms with Crippen LogP contribution in [0.2, 0.25) is 5.02 Å². The Kier molecular flexibility index (Phi) is 7.40. The third-order valence-corrected chi connectivity index (χ3v) is 4.83. The Balaban J connectivity index is 1.81. The number of ether oxygens (including phenoxy) is 2. The van der Waals surface area contributed by atoms with E-state index in [1.807, 2.05) is 0 Å². The monoisotopic (exact) mass is 383 g/mol. The molecule has 4 nitrogen and oxygen atoms in total. The molecule has 2 aromatic carbocycles. The van der Waals surface area contributed by atoms with Crippen molar-refractivity contribution in [3.05, 3.63) is 58.4 Å². The molecule has 134 valence electrons. The van der Waals surface area contributed by atoms with Crippen LogP contribution in [0.4, 0.5) is 4.39 Å². The lowest BCUT2D eigenvalue weighted by atomic mass is 10.2. The van der Waals surface area contributed by atoms with E-state index in [9.17, 15) is 9.18 Å². The minimum Gasteiger partial charge on any atom is -0.493 e. The van der Waals surface area contributed by atoms with Gasteiger partial charge in [0.25, 0.3) is 5.91 Å². The van der Waals surface area contributed by atoms with Gasteiger partial charge in [0.05, 0.1) is 14.2 Å². The molecule has 0 heterocycles. The first kappa shape index (κ1) is 19.4. The van der Waals surface area contributed by atoms with E-state index in [1.165, 1.54) is 32.0 Å². The third kappa shape index (κ3) is 5.28. The van der Waals surface area contributed by atoms with Crippen molar-refractivity contribution in [1.29, 1.82) is 0 Å². The Morgan fingerprint density at radius 3 is 2.64 bits per heavy atom. The zero-order valence-electron chi connectivity index (χ0n) is 14.0. The van der Waals surface area contributed by atoms with E-state index < -0.39 is 0 Å². The lowest BCUT2D eigenvalue weighted by Crippen LogP contribution is -2.25. The standard InChI is InChI=1S/C18H19ClFNO3S/c1-23-16-7-6-12(10-17(16)24-2)18(22)21-8-9-25-11-13-14(19)4-3-5-15(13)20/h3-7,10H,8-9,11H2,1-2H3,(H,21,22). The van der Waals surface area contributed by atoms with Crippen molar-refractivity contribution >= 4 is 29.3 Å². The van der Waals surface area contributed by atoms with Crippen LogP contribution in [0.15, 0.2) is 36.4 Å². The van der Waals surface area contributed by atoms with Gasteiger partial charge in [0.1, 0.15) is 5.82 Å². The predicted molar refractivity (Wildman–Crippen MR) is 99.5 cm³/mol. The van der Waals surface area contributed by atoms with Gasteiger partial charge in [-0.2, -0.15) is 11.8 Å². The van der Waals surface area contributed by atoms with Crippen molar-refractivity contribution in [2.24, 2.45) is 0 Å². The van der Waals surface area contributed by atoms with Gasteiger partial charge in [-0.15, -0.1) is 0 Å². The molecule has 7 heteroatoms. The maximum absolute atomic E-state index is 13.7. The fourth-order valence-electron chi connectivity index (χ4n) is 2.16. The average Bonchev–Trinajstić information content (AvgIpc) is 2.62. The Labute approximate surface area is 155 Å². The summed E-state index contributed by atoms with van der Waals surface area (Å²) in [5, 5.41) is 3.24. The van der Waals surface area contributed by atoms with Crippen LogP contribution < -0.4 is 14.8 Å². The predicted octanol–water partition coefficient (Wildman–Crippen LogP) is 4.16. The minimum absolute atomic E-state index is 0.203. The third-order valence-electron chi connectivity index (χ3n) is 3.49. The number of hydrogen-bond donors (Lipinski definition) is 1. The number of halogens is 2. The smallest absolute Gasteiger partial charge is 0.251 e. The van der Waals surface area contributed by atoms with Crippen molar-refractivity contribution in [3.63, 3.8) is 0 Å². The molecule has 0 fully saturated rings. The van der Waals surface area contributed by atoms with E-state index in [2.05, 4.69) is 5.32 Å². The second kappa shape index (κ2) is 9.53. The van der Waals surface area contributed by atoms with Gasteiger partial charge in [0.2, 0.25) is 0 Å². The van der Waals surface area contributed by atoms with Crippen LogP contribution >= 0.6 is 23.4 Å². The highest BCUT2D eigenvalue weighted by molar-refractivity contribution is 7.98. The van der Waals surface area contributed by atoms with E-state index in [-0.39, 0.29) is 11.7 Å². The summed E-state index contributed by atoms with van der Waals surface area (Å²) < 4.78 is 24.0. The first-order chi connectivity index (χ1) is 12.1. The maximum atomic E-state index is 13.7. The van der Waals surface area contributed by atoms with E-state index in [0.717, 1.165) is 0 Å². The summed E-state index contributed by atoms with van der Waals surface area (Å²) in [5.74, 6) is 1.65. The summed E-state index contributed by atoms with van der Waals surface area (Å²) in [6, 6.07) is 9.61. The Morgan fingerprint density at radius 2 is 1.96 bits per heavy atom. The van der Waals surface area contributed by atoms with Crippen molar-refractivity contribution in [2.45, 2.75) is 5.75 Å². The maximum Gasteiger partial charge on any atom is 0.251 e. The summed E-state index contributed by atoms with van der Waals surface area (Å²) in [4.78, 5) is 12.2. The number of thioether (sulfide) groups is 1. The zero-order chi connectivity index (χ0) is 18.2. The van der Waals surface area contributed by atoms with E-state index >= 15 is 0 Å². The SMILES string of the molecule is COc1ccc(C(=O)NCCSCc2c(F)cccc2Cl)cc1OC. The number of benzene rings is 2. The minimum atomic E-state index is -0.311. The molecule has 0 aromatic heterocycles. The van der Waals surface area contributed by atoms with Crippen molar-refractivity contribution < 1.29 is 18.7 Å². The molecule has 1 amide bonds. The fourth-order valence-corrected chi connectivity index (χ4v) is 3.36. The van der Waals surface area contributed by atoms with Crippen LogP contribution in [0.5, 0.6) is 11.5 Å². The molecule has 0 radical (unpaired) electrons. The van der Waals surface area contributed by atoms with E-state index in [4.69, 9.17) is 21.1 Å². The quantitative estimate of drug-likeness (QED) is 0.695. The molecule has 0 aliphatic rings. The number of carbonyl (C=O) groups excluding carboxylic acids is 1. The van der Waals surface area contributed by atoms with Crippen LogP contribution in [0.25, 0.3) is 0 Å². The summed E-state index contributed by atoms with van der Waals surface area (Å²) in [6.07, 6.45) is 0. The zero-order valence-corrected chi connectivity index (χ0v) is 15.5. The van der Waals surface area contributed by atoms with Crippen molar-refractivity contribution in [3.8, 4) is 11.5 Å². The van der Waals surface area contributed by atoms with Gasteiger partial charge in [-0.1, -0.05) is 17.7 Å². The fraction of sp³-hybridized carbons (Fsp3) is 0.278. The van der Waals surface area contributed by atoms with Crippen LogP contribution in [0.1, 0.15) is 15.9 Å². The molecular formula is C18H19ClFNO3S. The molecule has 0 unspecified atom stereocenters. The molecule has 0 aliphatic carbocycles. The van der Waals surface area contributed by atoms with Gasteiger partial charge >= 0.3 is 0 Å². The number of methoxy groups -OCH3 is 2. The molecule has 0 bridgehead atoms. The van der Waals surface area contributed by atoms with E-state index in [1.54, 1.807) is 30.3 Å². The van der Waals surface area contributed by atoms with Gasteiger partial charge in [0.15, 0.2) is 11.5 Å². The number of amides is 1. The largest absolute Gasteiger partial charge is 0.493 e. The highest BCUT2D eigenvalue weighted by atomic mass is 35.5. The molecule has 0 saturated carbocycles. The van der Waals surface area contributed by atoms with E-state index in [0.29, 0.717) is 45.7 Å². The second-order valence-corrected chi connectivity index (χ2v) is 6.59. The first-order valence-electron chi connectivity index (χ1n) is 7.57. The molecule has 2 rings (SSSR count). The molecular weight excluding hydrogens is 365 g/mol. The summed E-state index contributed by atoms with van der Waals surface area (Å²) in [5.41, 5.74) is 0.972. The van der Waals surface area contributed by atoms with Crippen molar-refractivity contribution in [1.82, 2.24) is 5.32 Å². The normalized spacial score (nSPS) is 10.4. The van der Waals surface area contributed by atoms with Crippen LogP contribution in [-0.4, -0.2) is 32.4 Å². The van der Waals surface area contributed by atoms with Crippen LogP contribution in [0.3, 0.4) is 0 Å². The highest BCUT2D eigenvalue weighted by Gasteiger charge is 2.11. The molecule has 0 saturated heterocycles. The summed E-state index contributed by atoms with van der Waals surface area (Å²) in [7, 11) is 3.06. The number of nitrogens with one attached hydrogen (secondary N) is 1. The van der Waals surface area contributed by atoms with Gasteiger partial charge < -0.3 is 14.8 Å². The Bertz CT molecular complexity index is 722. The number of carbonyl (C=O) groups is 1. The Morgan fingerprint density at radius 1 is 1.20 bits per heavy atom. The summed E-state index contributed by atoms with van der Waals surface area (Å²) in [6.45, 7) is 0.462. The lowest BCUT2D eigenvalue weighted by Gasteiger charge is -2.10. The van der Waals surface area contributed by atoms with Crippen LogP contribution in [-0.2, 0) is 5.75 Å². The molecule has 0 spiro atoms. The first-order valence-corrected chi connectivity index (χ1v) is 9.11. The number of hydrogen-bond acceptors (Lipinski definition) is 4. The van der Waals surface area contributed by atoms with Crippen molar-refractivity contribution in [2.75, 3.05) is 26.5 Å². The average molecular weight is 384 g/mol. The highest BCUT2D eigenvalue weighted by Crippen LogP contribution is 2.27. The second-order valence-electron chi connectivity index (χ2n) is 5.08. The summed E-state index contributed by atoms with van der Waals surface area (Å²) >= 11 is 7.48. The van der Waals surface area contributed by atoms with Gasteiger partial charge in [-0.3, -0.25) is 4.79 Å². The van der Waals surface area contributed by atoms with Gasteiger partial charge in [0, 0.05) is 34.2 Å². The molecule has 0 atom stereocenters. The lowest BCUT2D eigenvalue weighted by molar-refractivity contribution is 0.0955.